The lowest BCUT2D eigenvalue weighted by molar-refractivity contribution is -0.00160. The first-order valence-corrected chi connectivity index (χ1v) is 5.61. The Balaban J connectivity index is 2.01. The summed E-state index contributed by atoms with van der Waals surface area (Å²) in [6.45, 7) is 4.58. The van der Waals surface area contributed by atoms with Crippen molar-refractivity contribution in [2.75, 3.05) is 26.3 Å². The zero-order chi connectivity index (χ0) is 12.3. The van der Waals surface area contributed by atoms with E-state index in [1.807, 2.05) is 0 Å². The van der Waals surface area contributed by atoms with E-state index >= 15 is 0 Å². The van der Waals surface area contributed by atoms with Gasteiger partial charge in [-0.15, -0.1) is 0 Å². The van der Waals surface area contributed by atoms with Crippen LogP contribution in [0, 0.1) is 18.3 Å². The molecule has 1 N–H and O–H groups in total. The Morgan fingerprint density at radius 3 is 3.18 bits per heavy atom. The molecule has 0 spiro atoms. The summed E-state index contributed by atoms with van der Waals surface area (Å²) in [5.41, 5.74) is 1.18. The fourth-order valence-electron chi connectivity index (χ4n) is 1.83. The third kappa shape index (κ3) is 2.57. The number of aromatic nitrogens is 2. The Morgan fingerprint density at radius 2 is 2.53 bits per heavy atom. The Hall–Kier alpha value is -1.58. The predicted octanol–water partition coefficient (Wildman–Crippen LogP) is -0.0326. The Bertz CT molecular complexity index is 429. The summed E-state index contributed by atoms with van der Waals surface area (Å²) < 4.78 is 12.7. The molecule has 0 aromatic carbocycles. The molecular weight excluding hydrogens is 220 g/mol. The van der Waals surface area contributed by atoms with Crippen molar-refractivity contribution < 1.29 is 9.47 Å². The fourth-order valence-corrected chi connectivity index (χ4v) is 1.83. The molecule has 1 aromatic heterocycles. The van der Waals surface area contributed by atoms with Gasteiger partial charge in [-0.1, -0.05) is 0 Å². The monoisotopic (exact) mass is 236 g/mol. The molecule has 0 amide bonds. The quantitative estimate of drug-likeness (QED) is 0.797. The van der Waals surface area contributed by atoms with E-state index in [0.29, 0.717) is 30.4 Å². The number of rotatable bonds is 3. The molecule has 1 aromatic rings. The molecule has 17 heavy (non-hydrogen) atoms. The van der Waals surface area contributed by atoms with Gasteiger partial charge in [-0.2, -0.15) is 10.4 Å². The molecule has 1 aliphatic heterocycles. The van der Waals surface area contributed by atoms with Crippen LogP contribution in [-0.4, -0.2) is 42.2 Å². The molecule has 6 heteroatoms. The zero-order valence-electron chi connectivity index (χ0n) is 10.1. The molecule has 0 bridgehead atoms. The first-order chi connectivity index (χ1) is 8.22. The van der Waals surface area contributed by atoms with Crippen LogP contribution in [0.3, 0.4) is 0 Å². The maximum atomic E-state index is 9.02. The van der Waals surface area contributed by atoms with E-state index in [-0.39, 0.29) is 6.10 Å². The molecule has 2 heterocycles. The van der Waals surface area contributed by atoms with Crippen LogP contribution < -0.4 is 10.1 Å². The molecular formula is C11H16N4O2. The number of nitrogens with zero attached hydrogens (tertiary/aromatic N) is 3. The van der Waals surface area contributed by atoms with Crippen LogP contribution in [0.4, 0.5) is 0 Å². The molecule has 1 unspecified atom stereocenters. The number of morpholine rings is 1. The van der Waals surface area contributed by atoms with Gasteiger partial charge in [0.15, 0.2) is 0 Å². The van der Waals surface area contributed by atoms with Gasteiger partial charge in [0.2, 0.25) is 5.88 Å². The number of hydrogen-bond acceptors (Lipinski definition) is 5. The first kappa shape index (κ1) is 11.9. The van der Waals surface area contributed by atoms with Gasteiger partial charge < -0.3 is 14.8 Å². The normalized spacial score (nSPS) is 19.9. The van der Waals surface area contributed by atoms with Crippen LogP contribution in [0.15, 0.2) is 0 Å². The molecule has 6 nitrogen and oxygen atoms in total. The van der Waals surface area contributed by atoms with Crippen molar-refractivity contribution in [3.8, 4) is 11.9 Å². The maximum absolute atomic E-state index is 9.02. The summed E-state index contributed by atoms with van der Waals surface area (Å²) in [4.78, 5) is 0. The summed E-state index contributed by atoms with van der Waals surface area (Å²) in [6, 6.07) is 2.11. The summed E-state index contributed by atoms with van der Waals surface area (Å²) in [5.74, 6) is 0.513. The van der Waals surface area contributed by atoms with Crippen molar-refractivity contribution in [3.05, 3.63) is 11.3 Å². The number of ether oxygens (including phenoxy) is 2. The second kappa shape index (κ2) is 5.17. The molecule has 1 atom stereocenters. The lowest BCUT2D eigenvalue weighted by atomic mass is 10.3. The van der Waals surface area contributed by atoms with Gasteiger partial charge in [0, 0.05) is 20.1 Å². The van der Waals surface area contributed by atoms with Crippen LogP contribution in [0.25, 0.3) is 0 Å². The maximum Gasteiger partial charge on any atom is 0.230 e. The van der Waals surface area contributed by atoms with Crippen molar-refractivity contribution in [1.82, 2.24) is 15.1 Å². The number of nitriles is 1. The van der Waals surface area contributed by atoms with Gasteiger partial charge in [-0.3, -0.25) is 0 Å². The van der Waals surface area contributed by atoms with Gasteiger partial charge in [-0.25, -0.2) is 4.68 Å². The van der Waals surface area contributed by atoms with Crippen LogP contribution in [-0.2, 0) is 11.8 Å². The highest BCUT2D eigenvalue weighted by atomic mass is 16.5. The molecule has 0 saturated carbocycles. The first-order valence-electron chi connectivity index (χ1n) is 5.61. The average Bonchev–Trinajstić information content (AvgIpc) is 2.62. The van der Waals surface area contributed by atoms with Crippen molar-refractivity contribution in [3.63, 3.8) is 0 Å². The number of nitrogens with one attached hydrogen (secondary N) is 1. The SMILES string of the molecule is Cc1nn(C)c(OCC2CNCCO2)c1C#N. The molecule has 0 radical (unpaired) electrons. The van der Waals surface area contributed by atoms with Crippen molar-refractivity contribution in [2.24, 2.45) is 7.05 Å². The second-order valence-corrected chi connectivity index (χ2v) is 4.01. The van der Waals surface area contributed by atoms with E-state index in [2.05, 4.69) is 16.5 Å². The highest BCUT2D eigenvalue weighted by Gasteiger charge is 2.18. The predicted molar refractivity (Wildman–Crippen MR) is 60.8 cm³/mol. The van der Waals surface area contributed by atoms with Gasteiger partial charge in [0.1, 0.15) is 24.3 Å². The lowest BCUT2D eigenvalue weighted by Gasteiger charge is -2.23. The van der Waals surface area contributed by atoms with E-state index < -0.39 is 0 Å². The standard InChI is InChI=1S/C11H16N4O2/c1-8-10(5-12)11(15(2)14-8)17-7-9-6-13-3-4-16-9/h9,13H,3-4,6-7H2,1-2H3. The molecule has 92 valence electrons. The average molecular weight is 236 g/mol. The molecule has 0 aliphatic carbocycles. The van der Waals surface area contributed by atoms with Crippen LogP contribution >= 0.6 is 0 Å². The van der Waals surface area contributed by atoms with Crippen molar-refractivity contribution in [1.29, 1.82) is 5.26 Å². The Morgan fingerprint density at radius 1 is 1.71 bits per heavy atom. The smallest absolute Gasteiger partial charge is 0.230 e. The summed E-state index contributed by atoms with van der Waals surface area (Å²) in [7, 11) is 1.77. The van der Waals surface area contributed by atoms with E-state index in [1.54, 1.807) is 18.7 Å². The summed E-state index contributed by atoms with van der Waals surface area (Å²) in [6.07, 6.45) is 0.0329. The molecule has 1 aliphatic rings. The molecule has 1 fully saturated rings. The Labute approximate surface area is 100 Å². The van der Waals surface area contributed by atoms with Crippen LogP contribution in [0.1, 0.15) is 11.3 Å². The molecule has 2 rings (SSSR count). The van der Waals surface area contributed by atoms with E-state index in [4.69, 9.17) is 14.7 Å². The number of hydrogen-bond donors (Lipinski definition) is 1. The van der Waals surface area contributed by atoms with E-state index in [0.717, 1.165) is 13.1 Å². The summed E-state index contributed by atoms with van der Waals surface area (Å²) in [5, 5.41) is 16.4. The van der Waals surface area contributed by atoms with Crippen molar-refractivity contribution in [2.45, 2.75) is 13.0 Å². The summed E-state index contributed by atoms with van der Waals surface area (Å²) >= 11 is 0. The fraction of sp³-hybridized carbons (Fsp3) is 0.636. The number of aryl methyl sites for hydroxylation is 2. The largest absolute Gasteiger partial charge is 0.474 e. The minimum absolute atomic E-state index is 0.0329. The van der Waals surface area contributed by atoms with Crippen molar-refractivity contribution >= 4 is 0 Å². The zero-order valence-corrected chi connectivity index (χ0v) is 10.1. The third-order valence-electron chi connectivity index (χ3n) is 2.69. The van der Waals surface area contributed by atoms with Gasteiger partial charge in [0.25, 0.3) is 0 Å². The third-order valence-corrected chi connectivity index (χ3v) is 2.69. The minimum Gasteiger partial charge on any atom is -0.474 e. The molecule has 1 saturated heterocycles. The van der Waals surface area contributed by atoms with E-state index in [9.17, 15) is 0 Å². The lowest BCUT2D eigenvalue weighted by Crippen LogP contribution is -2.41. The minimum atomic E-state index is 0.0329. The van der Waals surface area contributed by atoms with Crippen LogP contribution in [0.2, 0.25) is 0 Å². The topological polar surface area (TPSA) is 72.1 Å². The van der Waals surface area contributed by atoms with Crippen LogP contribution in [0.5, 0.6) is 5.88 Å². The van der Waals surface area contributed by atoms with E-state index in [1.165, 1.54) is 0 Å². The van der Waals surface area contributed by atoms with Gasteiger partial charge in [-0.05, 0) is 6.92 Å². The highest BCUT2D eigenvalue weighted by Crippen LogP contribution is 2.20. The van der Waals surface area contributed by atoms with Gasteiger partial charge >= 0.3 is 0 Å². The highest BCUT2D eigenvalue weighted by molar-refractivity contribution is 5.41. The van der Waals surface area contributed by atoms with Gasteiger partial charge in [0.05, 0.1) is 12.3 Å². The Kier molecular flexibility index (Phi) is 3.61. The second-order valence-electron chi connectivity index (χ2n) is 4.01.